The van der Waals surface area contributed by atoms with Crippen LogP contribution in [-0.4, -0.2) is 38.9 Å². The average molecular weight is 307 g/mol. The molecule has 0 aliphatic carbocycles. The summed E-state index contributed by atoms with van der Waals surface area (Å²) in [6.45, 7) is 11.2. The van der Waals surface area contributed by atoms with Crippen molar-refractivity contribution in [3.05, 3.63) is 29.2 Å². The Labute approximate surface area is 131 Å². The number of H-pyrrole nitrogens is 1. The number of hydrogen-bond donors (Lipinski definition) is 1. The van der Waals surface area contributed by atoms with Gasteiger partial charge in [-0.2, -0.15) is 10.1 Å². The van der Waals surface area contributed by atoms with Crippen molar-refractivity contribution in [1.82, 2.24) is 25.2 Å². The number of aromatic nitrogens is 4. The summed E-state index contributed by atoms with van der Waals surface area (Å²) < 4.78 is 10.2. The highest BCUT2D eigenvalue weighted by molar-refractivity contribution is 5.16. The Hall–Kier alpha value is -1.73. The van der Waals surface area contributed by atoms with E-state index in [0.717, 1.165) is 24.5 Å². The van der Waals surface area contributed by atoms with Gasteiger partial charge in [0.05, 0.1) is 12.2 Å². The summed E-state index contributed by atoms with van der Waals surface area (Å²) in [5, 5.41) is 11.4. The van der Waals surface area contributed by atoms with Crippen molar-refractivity contribution in [2.45, 2.75) is 52.8 Å². The summed E-state index contributed by atoms with van der Waals surface area (Å²) in [5.74, 6) is 1.18. The number of ether oxygens (including phenoxy) is 1. The van der Waals surface area contributed by atoms with Gasteiger partial charge in [0.25, 0.3) is 0 Å². The molecule has 22 heavy (non-hydrogen) atoms. The van der Waals surface area contributed by atoms with Crippen LogP contribution in [0.4, 0.5) is 0 Å². The minimum absolute atomic E-state index is 0.0489. The summed E-state index contributed by atoms with van der Waals surface area (Å²) >= 11 is 0. The van der Waals surface area contributed by atoms with Crippen molar-refractivity contribution in [2.75, 3.05) is 13.7 Å². The summed E-state index contributed by atoms with van der Waals surface area (Å²) in [7, 11) is 1.61. The van der Waals surface area contributed by atoms with E-state index in [0.29, 0.717) is 24.9 Å². The number of hydrogen-bond acceptors (Lipinski definition) is 6. The molecular weight excluding hydrogens is 282 g/mol. The van der Waals surface area contributed by atoms with Gasteiger partial charge in [-0.25, -0.2) is 0 Å². The number of aromatic amines is 1. The van der Waals surface area contributed by atoms with Crippen molar-refractivity contribution in [2.24, 2.45) is 0 Å². The summed E-state index contributed by atoms with van der Waals surface area (Å²) in [6, 6.07) is 2.12. The first kappa shape index (κ1) is 16.6. The normalized spacial score (nSPS) is 12.3. The molecule has 2 heterocycles. The lowest BCUT2D eigenvalue weighted by Gasteiger charge is -2.17. The highest BCUT2D eigenvalue weighted by Gasteiger charge is 2.18. The Morgan fingerprint density at radius 3 is 2.68 bits per heavy atom. The van der Waals surface area contributed by atoms with E-state index in [-0.39, 0.29) is 5.41 Å². The van der Waals surface area contributed by atoms with Crippen LogP contribution in [-0.2, 0) is 29.8 Å². The first-order chi connectivity index (χ1) is 10.4. The molecule has 7 nitrogen and oxygen atoms in total. The maximum absolute atomic E-state index is 5.24. The second-order valence-corrected chi connectivity index (χ2v) is 6.37. The van der Waals surface area contributed by atoms with Crippen LogP contribution in [0.1, 0.15) is 50.8 Å². The molecule has 1 N–H and O–H groups in total. The van der Waals surface area contributed by atoms with Crippen LogP contribution in [0.15, 0.2) is 10.6 Å². The van der Waals surface area contributed by atoms with E-state index in [4.69, 9.17) is 9.26 Å². The molecule has 2 rings (SSSR count). The van der Waals surface area contributed by atoms with Crippen molar-refractivity contribution < 1.29 is 9.26 Å². The molecule has 0 bridgehead atoms. The van der Waals surface area contributed by atoms with Crippen LogP contribution in [0.3, 0.4) is 0 Å². The summed E-state index contributed by atoms with van der Waals surface area (Å²) in [4.78, 5) is 6.52. The Bertz CT molecular complexity index is 585. The zero-order chi connectivity index (χ0) is 16.2. The fourth-order valence-electron chi connectivity index (χ4n) is 2.08. The van der Waals surface area contributed by atoms with Crippen LogP contribution in [0.2, 0.25) is 0 Å². The molecule has 2 aromatic rings. The van der Waals surface area contributed by atoms with Crippen LogP contribution in [0, 0.1) is 0 Å². The van der Waals surface area contributed by atoms with E-state index in [1.165, 1.54) is 0 Å². The molecule has 0 radical (unpaired) electrons. The molecule has 0 aliphatic rings. The lowest BCUT2D eigenvalue weighted by atomic mass is 9.92. The third kappa shape index (κ3) is 4.38. The van der Waals surface area contributed by atoms with E-state index in [1.54, 1.807) is 7.11 Å². The highest BCUT2D eigenvalue weighted by atomic mass is 16.5. The maximum atomic E-state index is 5.24. The van der Waals surface area contributed by atoms with E-state index in [2.05, 4.69) is 59.0 Å². The van der Waals surface area contributed by atoms with Crippen LogP contribution >= 0.6 is 0 Å². The molecule has 0 aliphatic heterocycles. The van der Waals surface area contributed by atoms with Crippen LogP contribution in [0.5, 0.6) is 0 Å². The van der Waals surface area contributed by atoms with Crippen LogP contribution in [0.25, 0.3) is 0 Å². The number of nitrogens with one attached hydrogen (secondary N) is 1. The largest absolute Gasteiger partial charge is 0.377 e. The lowest BCUT2D eigenvalue weighted by Crippen LogP contribution is -2.22. The van der Waals surface area contributed by atoms with E-state index in [9.17, 15) is 0 Å². The minimum Gasteiger partial charge on any atom is -0.377 e. The molecular formula is C15H25N5O2. The van der Waals surface area contributed by atoms with Crippen molar-refractivity contribution >= 4 is 0 Å². The van der Waals surface area contributed by atoms with Gasteiger partial charge in [-0.05, 0) is 12.6 Å². The predicted molar refractivity (Wildman–Crippen MR) is 82.1 cm³/mol. The fourth-order valence-corrected chi connectivity index (χ4v) is 2.08. The van der Waals surface area contributed by atoms with Gasteiger partial charge < -0.3 is 9.26 Å². The predicted octanol–water partition coefficient (Wildman–Crippen LogP) is 2.26. The molecule has 0 spiro atoms. The van der Waals surface area contributed by atoms with Crippen LogP contribution < -0.4 is 0 Å². The van der Waals surface area contributed by atoms with Crippen molar-refractivity contribution in [3.63, 3.8) is 0 Å². The number of rotatable bonds is 7. The van der Waals surface area contributed by atoms with E-state index < -0.39 is 0 Å². The first-order valence-electron chi connectivity index (χ1n) is 7.50. The minimum atomic E-state index is 0.0489. The average Bonchev–Trinajstić information content (AvgIpc) is 3.07. The van der Waals surface area contributed by atoms with Crippen molar-refractivity contribution in [3.8, 4) is 0 Å². The molecule has 0 saturated heterocycles. The maximum Gasteiger partial charge on any atom is 0.240 e. The lowest BCUT2D eigenvalue weighted by molar-refractivity contribution is 0.174. The number of methoxy groups -OCH3 is 1. The first-order valence-corrected chi connectivity index (χ1v) is 7.50. The Balaban J connectivity index is 1.98. The second-order valence-electron chi connectivity index (χ2n) is 6.37. The third-order valence-corrected chi connectivity index (χ3v) is 3.38. The quantitative estimate of drug-likeness (QED) is 0.845. The summed E-state index contributed by atoms with van der Waals surface area (Å²) in [6.07, 6.45) is 0. The van der Waals surface area contributed by atoms with Crippen molar-refractivity contribution in [1.29, 1.82) is 0 Å². The van der Waals surface area contributed by atoms with Gasteiger partial charge in [0, 0.05) is 24.8 Å². The molecule has 0 atom stereocenters. The molecule has 2 aromatic heterocycles. The molecule has 0 aromatic carbocycles. The van der Waals surface area contributed by atoms with E-state index >= 15 is 0 Å². The Kier molecular flexibility index (Phi) is 5.31. The van der Waals surface area contributed by atoms with E-state index in [1.807, 2.05) is 0 Å². The van der Waals surface area contributed by atoms with Gasteiger partial charge in [-0.1, -0.05) is 32.9 Å². The fraction of sp³-hybridized carbons (Fsp3) is 0.667. The monoisotopic (exact) mass is 307 g/mol. The zero-order valence-corrected chi connectivity index (χ0v) is 14.0. The molecule has 7 heteroatoms. The zero-order valence-electron chi connectivity index (χ0n) is 14.0. The Morgan fingerprint density at radius 1 is 1.32 bits per heavy atom. The Morgan fingerprint density at radius 2 is 2.09 bits per heavy atom. The van der Waals surface area contributed by atoms with Gasteiger partial charge in [-0.3, -0.25) is 10.00 Å². The molecule has 0 amide bonds. The molecule has 0 unspecified atom stereocenters. The van der Waals surface area contributed by atoms with Gasteiger partial charge in [-0.15, -0.1) is 0 Å². The van der Waals surface area contributed by atoms with Gasteiger partial charge in [0.1, 0.15) is 6.61 Å². The molecule has 0 saturated carbocycles. The smallest absolute Gasteiger partial charge is 0.240 e. The number of nitrogens with zero attached hydrogens (tertiary/aromatic N) is 4. The topological polar surface area (TPSA) is 80.1 Å². The van der Waals surface area contributed by atoms with Gasteiger partial charge in [0.2, 0.25) is 5.89 Å². The SMILES string of the molecule is CCN(Cc1cc(C(C)(C)C)n[nH]1)Cc1nc(COC)no1. The second kappa shape index (κ2) is 7.02. The third-order valence-electron chi connectivity index (χ3n) is 3.38. The highest BCUT2D eigenvalue weighted by Crippen LogP contribution is 2.21. The van der Waals surface area contributed by atoms with Gasteiger partial charge in [0.15, 0.2) is 5.82 Å². The summed E-state index contributed by atoms with van der Waals surface area (Å²) in [5.41, 5.74) is 2.20. The standard InChI is InChI=1S/C15H25N5O2/c1-6-20(9-14-16-13(10-21-5)19-22-14)8-11-7-12(18-17-11)15(2,3)4/h7H,6,8-10H2,1-5H3,(H,17,18). The van der Waals surface area contributed by atoms with Gasteiger partial charge >= 0.3 is 0 Å². The molecule has 122 valence electrons. The molecule has 0 fully saturated rings.